The van der Waals surface area contributed by atoms with Crippen LogP contribution in [0.5, 0.6) is 11.5 Å². The Labute approximate surface area is 101 Å². The van der Waals surface area contributed by atoms with Crippen molar-refractivity contribution in [1.82, 2.24) is 0 Å². The summed E-state index contributed by atoms with van der Waals surface area (Å²) in [7, 11) is 1.66. The fourth-order valence-electron chi connectivity index (χ4n) is 1.52. The van der Waals surface area contributed by atoms with Gasteiger partial charge in [-0.25, -0.2) is 0 Å². The minimum absolute atomic E-state index is 0.304. The van der Waals surface area contributed by atoms with Crippen LogP contribution in [-0.4, -0.2) is 40.3 Å². The van der Waals surface area contributed by atoms with Crippen molar-refractivity contribution in [3.63, 3.8) is 0 Å². The zero-order valence-corrected chi connectivity index (χ0v) is 9.90. The summed E-state index contributed by atoms with van der Waals surface area (Å²) < 4.78 is 20.7. The molecule has 5 heteroatoms. The van der Waals surface area contributed by atoms with Crippen molar-refractivity contribution in [3.05, 3.63) is 18.2 Å². The molecule has 0 amide bonds. The van der Waals surface area contributed by atoms with E-state index < -0.39 is 0 Å². The summed E-state index contributed by atoms with van der Waals surface area (Å²) in [6.07, 6.45) is 0. The lowest BCUT2D eigenvalue weighted by atomic mass is 10.3. The molecule has 5 nitrogen and oxygen atoms in total. The molecule has 0 saturated heterocycles. The van der Waals surface area contributed by atoms with Gasteiger partial charge in [0.1, 0.15) is 0 Å². The average Bonchev–Trinajstić information content (AvgIpc) is 2.81. The Morgan fingerprint density at radius 2 is 2.06 bits per heavy atom. The van der Waals surface area contributed by atoms with E-state index in [-0.39, 0.29) is 0 Å². The molecule has 1 aromatic rings. The molecule has 0 atom stereocenters. The molecule has 17 heavy (non-hydrogen) atoms. The maximum absolute atomic E-state index is 5.34. The Morgan fingerprint density at radius 1 is 1.18 bits per heavy atom. The van der Waals surface area contributed by atoms with Gasteiger partial charge in [0.25, 0.3) is 0 Å². The molecule has 0 fully saturated rings. The quantitative estimate of drug-likeness (QED) is 0.730. The second-order valence-corrected chi connectivity index (χ2v) is 3.60. The van der Waals surface area contributed by atoms with Crippen LogP contribution in [0.15, 0.2) is 18.2 Å². The SMILES string of the molecule is COCCOCCNc1ccc2c(c1)OCO2. The first-order chi connectivity index (χ1) is 8.40. The van der Waals surface area contributed by atoms with E-state index in [0.717, 1.165) is 23.7 Å². The fraction of sp³-hybridized carbons (Fsp3) is 0.500. The molecule has 1 aliphatic heterocycles. The minimum Gasteiger partial charge on any atom is -0.454 e. The monoisotopic (exact) mass is 239 g/mol. The molecular formula is C12H17NO4. The van der Waals surface area contributed by atoms with Crippen LogP contribution in [0, 0.1) is 0 Å². The second kappa shape index (κ2) is 6.32. The number of benzene rings is 1. The van der Waals surface area contributed by atoms with Gasteiger partial charge in [0.15, 0.2) is 11.5 Å². The van der Waals surface area contributed by atoms with Gasteiger partial charge in [0.2, 0.25) is 6.79 Å². The maximum atomic E-state index is 5.34. The number of fused-ring (bicyclic) bond motifs is 1. The standard InChI is InChI=1S/C12H17NO4/c1-14-6-7-15-5-4-13-10-2-3-11-12(8-10)17-9-16-11/h2-3,8,13H,4-7,9H2,1H3. The van der Waals surface area contributed by atoms with E-state index >= 15 is 0 Å². The van der Waals surface area contributed by atoms with Crippen molar-refractivity contribution in [1.29, 1.82) is 0 Å². The van der Waals surface area contributed by atoms with Crippen LogP contribution in [0.4, 0.5) is 5.69 Å². The van der Waals surface area contributed by atoms with Crippen LogP contribution in [0.25, 0.3) is 0 Å². The Bertz CT molecular complexity index is 356. The highest BCUT2D eigenvalue weighted by atomic mass is 16.7. The highest BCUT2D eigenvalue weighted by Crippen LogP contribution is 2.33. The zero-order valence-electron chi connectivity index (χ0n) is 9.90. The zero-order chi connectivity index (χ0) is 11.9. The largest absolute Gasteiger partial charge is 0.454 e. The average molecular weight is 239 g/mol. The van der Waals surface area contributed by atoms with Gasteiger partial charge in [-0.05, 0) is 12.1 Å². The molecule has 0 unspecified atom stereocenters. The molecule has 94 valence electrons. The second-order valence-electron chi connectivity index (χ2n) is 3.60. The number of anilines is 1. The summed E-state index contributed by atoms with van der Waals surface area (Å²) in [6, 6.07) is 5.79. The lowest BCUT2D eigenvalue weighted by Gasteiger charge is -2.07. The molecular weight excluding hydrogens is 222 g/mol. The molecule has 2 rings (SSSR count). The number of rotatable bonds is 7. The molecule has 0 spiro atoms. The Morgan fingerprint density at radius 3 is 2.94 bits per heavy atom. The number of hydrogen-bond acceptors (Lipinski definition) is 5. The Balaban J connectivity index is 1.69. The van der Waals surface area contributed by atoms with Gasteiger partial charge in [-0.15, -0.1) is 0 Å². The van der Waals surface area contributed by atoms with E-state index in [2.05, 4.69) is 5.32 Å². The van der Waals surface area contributed by atoms with Crippen LogP contribution < -0.4 is 14.8 Å². The molecule has 1 heterocycles. The molecule has 1 aliphatic rings. The lowest BCUT2D eigenvalue weighted by Crippen LogP contribution is -2.11. The minimum atomic E-state index is 0.304. The van der Waals surface area contributed by atoms with Gasteiger partial charge in [-0.2, -0.15) is 0 Å². The van der Waals surface area contributed by atoms with E-state index in [9.17, 15) is 0 Å². The topological polar surface area (TPSA) is 49.0 Å². The molecule has 0 aliphatic carbocycles. The maximum Gasteiger partial charge on any atom is 0.231 e. The first kappa shape index (κ1) is 12.0. The number of ether oxygens (including phenoxy) is 4. The normalized spacial score (nSPS) is 12.8. The van der Waals surface area contributed by atoms with Gasteiger partial charge < -0.3 is 24.3 Å². The summed E-state index contributed by atoms with van der Waals surface area (Å²) in [4.78, 5) is 0. The Hall–Kier alpha value is -1.46. The van der Waals surface area contributed by atoms with Crippen LogP contribution in [0.3, 0.4) is 0 Å². The number of nitrogens with one attached hydrogen (secondary N) is 1. The van der Waals surface area contributed by atoms with E-state index in [0.29, 0.717) is 26.6 Å². The van der Waals surface area contributed by atoms with Crippen molar-refractivity contribution >= 4 is 5.69 Å². The predicted octanol–water partition coefficient (Wildman–Crippen LogP) is 1.49. The van der Waals surface area contributed by atoms with E-state index in [1.807, 2.05) is 18.2 Å². The van der Waals surface area contributed by atoms with Crippen LogP contribution in [0.1, 0.15) is 0 Å². The third-order valence-corrected chi connectivity index (χ3v) is 2.38. The van der Waals surface area contributed by atoms with Crippen LogP contribution in [-0.2, 0) is 9.47 Å². The van der Waals surface area contributed by atoms with Crippen molar-refractivity contribution < 1.29 is 18.9 Å². The fourth-order valence-corrected chi connectivity index (χ4v) is 1.52. The number of methoxy groups -OCH3 is 1. The smallest absolute Gasteiger partial charge is 0.231 e. The van der Waals surface area contributed by atoms with E-state index in [4.69, 9.17) is 18.9 Å². The van der Waals surface area contributed by atoms with E-state index in [1.54, 1.807) is 7.11 Å². The summed E-state index contributed by atoms with van der Waals surface area (Å²) in [5.74, 6) is 1.59. The van der Waals surface area contributed by atoms with Crippen molar-refractivity contribution in [3.8, 4) is 11.5 Å². The first-order valence-electron chi connectivity index (χ1n) is 5.60. The summed E-state index contributed by atoms with van der Waals surface area (Å²) in [5.41, 5.74) is 1.00. The third-order valence-electron chi connectivity index (χ3n) is 2.38. The van der Waals surface area contributed by atoms with E-state index in [1.165, 1.54) is 0 Å². The lowest BCUT2D eigenvalue weighted by molar-refractivity contribution is 0.0759. The Kier molecular flexibility index (Phi) is 4.46. The molecule has 0 bridgehead atoms. The molecule has 1 aromatic carbocycles. The van der Waals surface area contributed by atoms with Gasteiger partial charge in [0.05, 0.1) is 19.8 Å². The van der Waals surface area contributed by atoms with Crippen molar-refractivity contribution in [2.24, 2.45) is 0 Å². The molecule has 0 aromatic heterocycles. The van der Waals surface area contributed by atoms with Gasteiger partial charge in [-0.3, -0.25) is 0 Å². The summed E-state index contributed by atoms with van der Waals surface area (Å²) >= 11 is 0. The van der Waals surface area contributed by atoms with Crippen LogP contribution in [0.2, 0.25) is 0 Å². The highest BCUT2D eigenvalue weighted by Gasteiger charge is 2.12. The summed E-state index contributed by atoms with van der Waals surface area (Å²) in [6.45, 7) is 2.96. The molecule has 1 N–H and O–H groups in total. The first-order valence-corrected chi connectivity index (χ1v) is 5.60. The van der Waals surface area contributed by atoms with Gasteiger partial charge in [-0.1, -0.05) is 0 Å². The number of hydrogen-bond donors (Lipinski definition) is 1. The van der Waals surface area contributed by atoms with Crippen LogP contribution >= 0.6 is 0 Å². The van der Waals surface area contributed by atoms with Gasteiger partial charge >= 0.3 is 0 Å². The third kappa shape index (κ3) is 3.51. The highest BCUT2D eigenvalue weighted by molar-refractivity contribution is 5.55. The van der Waals surface area contributed by atoms with Crippen molar-refractivity contribution in [2.75, 3.05) is 45.6 Å². The predicted molar refractivity (Wildman–Crippen MR) is 63.7 cm³/mol. The summed E-state index contributed by atoms with van der Waals surface area (Å²) in [5, 5.41) is 3.25. The molecule has 0 saturated carbocycles. The van der Waals surface area contributed by atoms with Gasteiger partial charge in [0, 0.05) is 25.4 Å². The van der Waals surface area contributed by atoms with Crippen molar-refractivity contribution in [2.45, 2.75) is 0 Å². The molecule has 0 radical (unpaired) electrons.